The number of aryl methyl sites for hydroxylation is 1. The molecule has 2 N–H and O–H groups in total. The lowest BCUT2D eigenvalue weighted by molar-refractivity contribution is -0.143. The SMILES string of the molecule is CNC(=O)Nc1ccc2c(c1)CC[C@@]21OC(=O)N(CC(=O)N(Cc2ccccc2)[C@@H](C)C2CC2)C1=O. The van der Waals surface area contributed by atoms with Gasteiger partial charge in [-0.05, 0) is 55.4 Å². The van der Waals surface area contributed by atoms with E-state index in [9.17, 15) is 19.2 Å². The maximum Gasteiger partial charge on any atom is 0.418 e. The van der Waals surface area contributed by atoms with Crippen LogP contribution < -0.4 is 10.6 Å². The summed E-state index contributed by atoms with van der Waals surface area (Å²) in [7, 11) is 1.52. The van der Waals surface area contributed by atoms with Crippen LogP contribution in [0.15, 0.2) is 48.5 Å². The number of amides is 5. The van der Waals surface area contributed by atoms with Crippen LogP contribution >= 0.6 is 0 Å². The molecule has 2 aromatic carbocycles. The number of imide groups is 1. The van der Waals surface area contributed by atoms with E-state index >= 15 is 0 Å². The summed E-state index contributed by atoms with van der Waals surface area (Å²) in [6.45, 7) is 2.10. The molecular weight excluding hydrogens is 460 g/mol. The number of hydrogen-bond donors (Lipinski definition) is 2. The van der Waals surface area contributed by atoms with Gasteiger partial charge in [0.1, 0.15) is 6.54 Å². The van der Waals surface area contributed by atoms with E-state index in [1.165, 1.54) is 7.05 Å². The first-order valence-corrected chi connectivity index (χ1v) is 12.3. The zero-order chi connectivity index (χ0) is 25.4. The Labute approximate surface area is 209 Å². The standard InChI is InChI=1S/C27H30N4O5/c1-17(19-8-9-19)30(15-18-6-4-3-5-7-18)23(32)16-31-24(33)27(36-26(31)35)13-12-20-14-21(10-11-22(20)27)29-25(34)28-2/h3-7,10-11,14,17,19H,8-9,12-13,15-16H2,1-2H3,(H2,28,29,34)/t17-,27+/m0/s1. The lowest BCUT2D eigenvalue weighted by Crippen LogP contribution is -2.47. The molecule has 2 aliphatic carbocycles. The summed E-state index contributed by atoms with van der Waals surface area (Å²) in [6.07, 6.45) is 2.15. The highest BCUT2D eigenvalue weighted by molar-refractivity contribution is 6.06. The monoisotopic (exact) mass is 490 g/mol. The third-order valence-corrected chi connectivity index (χ3v) is 7.45. The Morgan fingerprint density at radius 1 is 1.17 bits per heavy atom. The summed E-state index contributed by atoms with van der Waals surface area (Å²) in [4.78, 5) is 54.3. The number of nitrogens with one attached hydrogen (secondary N) is 2. The Morgan fingerprint density at radius 3 is 2.61 bits per heavy atom. The summed E-state index contributed by atoms with van der Waals surface area (Å²) >= 11 is 0. The maximum atomic E-state index is 13.6. The molecule has 188 valence electrons. The molecule has 5 amide bonds. The normalized spacial score (nSPS) is 21.2. The molecule has 1 saturated heterocycles. The molecule has 5 rings (SSSR count). The lowest BCUT2D eigenvalue weighted by atomic mass is 9.94. The Balaban J connectivity index is 1.35. The van der Waals surface area contributed by atoms with Gasteiger partial charge in [-0.1, -0.05) is 36.4 Å². The number of nitrogens with zero attached hydrogens (tertiary/aromatic N) is 2. The second kappa shape index (κ2) is 9.29. The third kappa shape index (κ3) is 4.29. The minimum absolute atomic E-state index is 0.0128. The van der Waals surface area contributed by atoms with Crippen molar-refractivity contribution in [3.8, 4) is 0 Å². The molecule has 2 aromatic rings. The summed E-state index contributed by atoms with van der Waals surface area (Å²) in [5.74, 6) is -0.348. The second-order valence-corrected chi connectivity index (χ2v) is 9.75. The Bertz CT molecular complexity index is 1210. The number of benzene rings is 2. The quantitative estimate of drug-likeness (QED) is 0.619. The minimum Gasteiger partial charge on any atom is -0.427 e. The molecule has 0 unspecified atom stereocenters. The van der Waals surface area contributed by atoms with E-state index in [1.54, 1.807) is 23.1 Å². The largest absolute Gasteiger partial charge is 0.427 e. The van der Waals surface area contributed by atoms with E-state index in [2.05, 4.69) is 10.6 Å². The van der Waals surface area contributed by atoms with Crippen molar-refractivity contribution >= 4 is 29.6 Å². The van der Waals surface area contributed by atoms with Crippen molar-refractivity contribution in [2.45, 2.75) is 50.8 Å². The van der Waals surface area contributed by atoms with Crippen LogP contribution in [-0.4, -0.2) is 53.4 Å². The predicted molar refractivity (Wildman–Crippen MR) is 132 cm³/mol. The number of rotatable bonds is 7. The smallest absolute Gasteiger partial charge is 0.418 e. The van der Waals surface area contributed by atoms with Crippen molar-refractivity contribution in [2.75, 3.05) is 18.9 Å². The molecule has 0 bridgehead atoms. The van der Waals surface area contributed by atoms with Crippen LogP contribution in [0, 0.1) is 5.92 Å². The molecule has 2 atom stereocenters. The van der Waals surface area contributed by atoms with Crippen LogP contribution in [0.4, 0.5) is 15.3 Å². The topological polar surface area (TPSA) is 108 Å². The molecule has 2 fully saturated rings. The van der Waals surface area contributed by atoms with Gasteiger partial charge < -0.3 is 20.3 Å². The first kappa shape index (κ1) is 23.8. The number of ether oxygens (including phenoxy) is 1. The maximum absolute atomic E-state index is 13.6. The molecule has 0 aromatic heterocycles. The first-order chi connectivity index (χ1) is 17.3. The molecule has 9 heteroatoms. The van der Waals surface area contributed by atoms with Crippen molar-refractivity contribution in [3.05, 3.63) is 65.2 Å². The van der Waals surface area contributed by atoms with E-state index in [4.69, 9.17) is 4.74 Å². The van der Waals surface area contributed by atoms with E-state index in [1.807, 2.05) is 37.3 Å². The van der Waals surface area contributed by atoms with E-state index in [0.29, 0.717) is 36.6 Å². The van der Waals surface area contributed by atoms with Crippen molar-refractivity contribution in [2.24, 2.45) is 5.92 Å². The second-order valence-electron chi connectivity index (χ2n) is 9.75. The summed E-state index contributed by atoms with van der Waals surface area (Å²) in [6, 6.07) is 14.5. The molecule has 1 heterocycles. The van der Waals surface area contributed by atoms with Crippen LogP contribution in [0.1, 0.15) is 42.9 Å². The van der Waals surface area contributed by atoms with Gasteiger partial charge in [-0.3, -0.25) is 9.59 Å². The summed E-state index contributed by atoms with van der Waals surface area (Å²) in [5, 5.41) is 5.20. The number of anilines is 1. The number of carbonyl (C=O) groups is 4. The van der Waals surface area contributed by atoms with Crippen LogP contribution in [0.3, 0.4) is 0 Å². The van der Waals surface area contributed by atoms with E-state index in [0.717, 1.165) is 28.9 Å². The number of hydrogen-bond acceptors (Lipinski definition) is 5. The molecule has 1 saturated carbocycles. The summed E-state index contributed by atoms with van der Waals surface area (Å²) in [5.41, 5.74) is 1.58. The van der Waals surface area contributed by atoms with E-state index < -0.39 is 17.6 Å². The Hall–Kier alpha value is -3.88. The molecular formula is C27H30N4O5. The van der Waals surface area contributed by atoms with Gasteiger partial charge in [0.25, 0.3) is 5.91 Å². The Kier molecular flexibility index (Phi) is 6.15. The molecule has 1 aliphatic heterocycles. The van der Waals surface area contributed by atoms with Crippen molar-refractivity contribution in [1.29, 1.82) is 0 Å². The third-order valence-electron chi connectivity index (χ3n) is 7.45. The average molecular weight is 491 g/mol. The van der Waals surface area contributed by atoms with Crippen LogP contribution in [0.25, 0.3) is 0 Å². The average Bonchev–Trinajstić information content (AvgIpc) is 3.63. The van der Waals surface area contributed by atoms with Gasteiger partial charge in [0.15, 0.2) is 0 Å². The van der Waals surface area contributed by atoms with Crippen LogP contribution in [0.5, 0.6) is 0 Å². The zero-order valence-corrected chi connectivity index (χ0v) is 20.5. The first-order valence-electron chi connectivity index (χ1n) is 12.3. The van der Waals surface area contributed by atoms with Gasteiger partial charge in [-0.25, -0.2) is 14.5 Å². The fourth-order valence-electron chi connectivity index (χ4n) is 5.22. The van der Waals surface area contributed by atoms with Gasteiger partial charge in [-0.2, -0.15) is 0 Å². The zero-order valence-electron chi connectivity index (χ0n) is 20.5. The highest BCUT2D eigenvalue weighted by Gasteiger charge is 2.58. The summed E-state index contributed by atoms with van der Waals surface area (Å²) < 4.78 is 5.69. The number of urea groups is 1. The van der Waals surface area contributed by atoms with Gasteiger partial charge in [0.2, 0.25) is 11.5 Å². The lowest BCUT2D eigenvalue weighted by Gasteiger charge is -2.30. The highest BCUT2D eigenvalue weighted by atomic mass is 16.6. The molecule has 3 aliphatic rings. The van der Waals surface area contributed by atoms with Crippen LogP contribution in [-0.2, 0) is 32.9 Å². The Morgan fingerprint density at radius 2 is 1.92 bits per heavy atom. The number of fused-ring (bicyclic) bond motifs is 2. The fraction of sp³-hybridized carbons (Fsp3) is 0.407. The van der Waals surface area contributed by atoms with Crippen molar-refractivity contribution in [3.63, 3.8) is 0 Å². The molecule has 9 nitrogen and oxygen atoms in total. The minimum atomic E-state index is -1.43. The number of carbonyl (C=O) groups excluding carboxylic acids is 4. The predicted octanol–water partition coefficient (Wildman–Crippen LogP) is 3.39. The van der Waals surface area contributed by atoms with Gasteiger partial charge in [0, 0.05) is 37.3 Å². The van der Waals surface area contributed by atoms with Gasteiger partial charge in [-0.15, -0.1) is 0 Å². The van der Waals surface area contributed by atoms with Crippen molar-refractivity contribution in [1.82, 2.24) is 15.1 Å². The molecule has 0 radical (unpaired) electrons. The molecule has 36 heavy (non-hydrogen) atoms. The fourth-order valence-corrected chi connectivity index (χ4v) is 5.22. The highest BCUT2D eigenvalue weighted by Crippen LogP contribution is 2.46. The van der Waals surface area contributed by atoms with Crippen LogP contribution in [0.2, 0.25) is 0 Å². The molecule has 1 spiro atoms. The van der Waals surface area contributed by atoms with Crippen molar-refractivity contribution < 1.29 is 23.9 Å². The van der Waals surface area contributed by atoms with E-state index in [-0.39, 0.29) is 24.5 Å². The van der Waals surface area contributed by atoms with Gasteiger partial charge in [0.05, 0.1) is 0 Å². The van der Waals surface area contributed by atoms with Gasteiger partial charge >= 0.3 is 12.1 Å².